The number of carbonyl (C=O) groups excluding carboxylic acids is 2. The zero-order chi connectivity index (χ0) is 18.5. The number of carbonyl (C=O) groups is 2. The number of ether oxygens (including phenoxy) is 2. The first kappa shape index (κ1) is 20.7. The summed E-state index contributed by atoms with van der Waals surface area (Å²) in [6.07, 6.45) is -2.66. The van der Waals surface area contributed by atoms with Crippen LogP contribution in [0.4, 0.5) is 13.6 Å². The topological polar surface area (TPSA) is 55.8 Å². The van der Waals surface area contributed by atoms with Crippen LogP contribution in [0.15, 0.2) is 11.7 Å². The van der Waals surface area contributed by atoms with Gasteiger partial charge in [-0.25, -0.2) is 9.59 Å². The predicted octanol–water partition coefficient (Wildman–Crippen LogP) is 4.10. The molecule has 1 saturated heterocycles. The summed E-state index contributed by atoms with van der Waals surface area (Å²) >= 11 is 5.69. The summed E-state index contributed by atoms with van der Waals surface area (Å²) in [5.41, 5.74) is -3.06. The Balaban J connectivity index is 3.36. The van der Waals surface area contributed by atoms with Gasteiger partial charge in [0.2, 0.25) is 0 Å². The van der Waals surface area contributed by atoms with E-state index in [1.165, 1.54) is 0 Å². The molecule has 0 aromatic carbocycles. The van der Waals surface area contributed by atoms with Crippen molar-refractivity contribution in [3.8, 4) is 0 Å². The summed E-state index contributed by atoms with van der Waals surface area (Å²) in [4.78, 5) is 26.2. The minimum absolute atomic E-state index is 0.0187. The summed E-state index contributed by atoms with van der Waals surface area (Å²) in [6.45, 7) is 6.55. The van der Waals surface area contributed by atoms with Crippen LogP contribution in [0.5, 0.6) is 0 Å². The van der Waals surface area contributed by atoms with Crippen molar-refractivity contribution in [2.45, 2.75) is 58.1 Å². The van der Waals surface area contributed by atoms with Crippen LogP contribution >= 0.6 is 11.6 Å². The molecule has 0 spiro atoms. The average Bonchev–Trinajstić information content (AvgIpc) is 2.84. The lowest BCUT2D eigenvalue weighted by atomic mass is 9.86. The van der Waals surface area contributed by atoms with Crippen LogP contribution in [0.25, 0.3) is 0 Å². The fraction of sp³-hybridized carbons (Fsp3) is 0.750. The molecule has 0 aromatic rings. The number of hydrogen-bond donors (Lipinski definition) is 0. The average molecular weight is 368 g/mol. The molecule has 0 bridgehead atoms. The van der Waals surface area contributed by atoms with Crippen LogP contribution in [0, 0.1) is 0 Å². The summed E-state index contributed by atoms with van der Waals surface area (Å²) in [5.74, 6) is -0.703. The number of halogens is 3. The van der Waals surface area contributed by atoms with Crippen molar-refractivity contribution in [1.29, 1.82) is 0 Å². The molecule has 1 unspecified atom stereocenters. The van der Waals surface area contributed by atoms with E-state index in [4.69, 9.17) is 21.1 Å². The maximum Gasteiger partial charge on any atom is 0.411 e. The summed E-state index contributed by atoms with van der Waals surface area (Å²) in [5, 5.41) is 0. The molecule has 0 saturated carbocycles. The fourth-order valence-corrected chi connectivity index (χ4v) is 2.93. The van der Waals surface area contributed by atoms with Gasteiger partial charge in [0.1, 0.15) is 5.60 Å². The lowest BCUT2D eigenvalue weighted by Crippen LogP contribution is -2.56. The Hall–Kier alpha value is -1.37. The van der Waals surface area contributed by atoms with E-state index in [0.717, 1.165) is 4.90 Å². The first-order valence-corrected chi connectivity index (χ1v) is 8.42. The first-order chi connectivity index (χ1) is 11.1. The number of likely N-dealkylation sites (tertiary alicyclic amines) is 1. The molecule has 0 radical (unpaired) electrons. The molecule has 0 N–H and O–H groups in total. The van der Waals surface area contributed by atoms with Gasteiger partial charge in [0.05, 0.1) is 6.61 Å². The molecule has 1 amide bonds. The zero-order valence-corrected chi connectivity index (χ0v) is 15.2. The molecule has 1 atom stereocenters. The Labute approximate surface area is 145 Å². The van der Waals surface area contributed by atoms with E-state index < -0.39 is 34.9 Å². The Morgan fingerprint density at radius 3 is 2.42 bits per heavy atom. The van der Waals surface area contributed by atoms with Crippen LogP contribution in [0.2, 0.25) is 0 Å². The number of nitrogens with zero attached hydrogens (tertiary/aromatic N) is 1. The van der Waals surface area contributed by atoms with E-state index in [1.807, 2.05) is 0 Å². The smallest absolute Gasteiger partial charge is 0.411 e. The lowest BCUT2D eigenvalue weighted by Gasteiger charge is -2.37. The van der Waals surface area contributed by atoms with Crippen molar-refractivity contribution in [2.75, 3.05) is 19.0 Å². The van der Waals surface area contributed by atoms with Gasteiger partial charge in [-0.15, -0.1) is 11.6 Å². The molecule has 138 valence electrons. The largest absolute Gasteiger partial charge is 0.464 e. The van der Waals surface area contributed by atoms with Crippen molar-refractivity contribution in [2.24, 2.45) is 0 Å². The van der Waals surface area contributed by atoms with Crippen LogP contribution in [-0.4, -0.2) is 47.1 Å². The lowest BCUT2D eigenvalue weighted by molar-refractivity contribution is -0.154. The molecule has 8 heteroatoms. The molecule has 1 aliphatic heterocycles. The number of rotatable bonds is 5. The van der Waals surface area contributed by atoms with Crippen LogP contribution in [0.3, 0.4) is 0 Å². The van der Waals surface area contributed by atoms with E-state index in [-0.39, 0.29) is 38.3 Å². The van der Waals surface area contributed by atoms with Gasteiger partial charge in [-0.3, -0.25) is 4.90 Å². The first-order valence-electron chi connectivity index (χ1n) is 7.88. The van der Waals surface area contributed by atoms with Crippen LogP contribution < -0.4 is 0 Å². The predicted molar refractivity (Wildman–Crippen MR) is 86.1 cm³/mol. The number of amides is 1. The van der Waals surface area contributed by atoms with E-state index in [1.54, 1.807) is 27.7 Å². The van der Waals surface area contributed by atoms with E-state index in [9.17, 15) is 18.4 Å². The molecule has 1 heterocycles. The quantitative estimate of drug-likeness (QED) is 0.542. The molecular weight excluding hydrogens is 344 g/mol. The Kier molecular flexibility index (Phi) is 7.01. The molecule has 1 fully saturated rings. The molecular formula is C16H24ClF2NO4. The highest BCUT2D eigenvalue weighted by atomic mass is 35.5. The SMILES string of the molecule is CCOC(=O)C1(CCCCl)C(=C(F)F)CCN1C(=O)OC(C)(C)C. The second kappa shape index (κ2) is 8.14. The second-order valence-corrected chi connectivity index (χ2v) is 6.87. The molecule has 1 rings (SSSR count). The van der Waals surface area contributed by atoms with Crippen molar-refractivity contribution in [3.63, 3.8) is 0 Å². The normalized spacial score (nSPS) is 21.0. The Bertz CT molecular complexity index is 515. The third kappa shape index (κ3) is 4.37. The van der Waals surface area contributed by atoms with E-state index in [2.05, 4.69) is 0 Å². The summed E-state index contributed by atoms with van der Waals surface area (Å²) in [7, 11) is 0. The minimum atomic E-state index is -1.97. The number of esters is 1. The second-order valence-electron chi connectivity index (χ2n) is 6.49. The molecule has 0 aliphatic carbocycles. The van der Waals surface area contributed by atoms with E-state index in [0.29, 0.717) is 0 Å². The summed E-state index contributed by atoms with van der Waals surface area (Å²) < 4.78 is 37.3. The standard InChI is InChI=1S/C16H24ClF2NO4/c1-5-23-13(21)16(8-6-9-17)11(12(18)19)7-10-20(16)14(22)24-15(2,3)4/h5-10H2,1-4H3. The Morgan fingerprint density at radius 1 is 1.33 bits per heavy atom. The number of alkyl halides is 1. The molecule has 1 aliphatic rings. The Morgan fingerprint density at radius 2 is 1.96 bits per heavy atom. The zero-order valence-electron chi connectivity index (χ0n) is 14.5. The maximum atomic E-state index is 13.5. The summed E-state index contributed by atoms with van der Waals surface area (Å²) in [6, 6.07) is 0. The molecule has 0 aromatic heterocycles. The molecule has 5 nitrogen and oxygen atoms in total. The highest BCUT2D eigenvalue weighted by Crippen LogP contribution is 2.42. The van der Waals surface area contributed by atoms with Crippen molar-refractivity contribution in [1.82, 2.24) is 4.90 Å². The van der Waals surface area contributed by atoms with Crippen molar-refractivity contribution < 1.29 is 27.8 Å². The van der Waals surface area contributed by atoms with E-state index >= 15 is 0 Å². The highest BCUT2D eigenvalue weighted by Gasteiger charge is 2.56. The monoisotopic (exact) mass is 367 g/mol. The van der Waals surface area contributed by atoms with Gasteiger partial charge in [-0.2, -0.15) is 8.78 Å². The van der Waals surface area contributed by atoms with Crippen molar-refractivity contribution >= 4 is 23.7 Å². The number of hydrogen-bond acceptors (Lipinski definition) is 4. The van der Waals surface area contributed by atoms with Gasteiger partial charge < -0.3 is 9.47 Å². The van der Waals surface area contributed by atoms with Gasteiger partial charge in [-0.05, 0) is 47.0 Å². The third-order valence-electron chi connectivity index (χ3n) is 3.67. The van der Waals surface area contributed by atoms with Gasteiger partial charge in [0.15, 0.2) is 5.54 Å². The third-order valence-corrected chi connectivity index (χ3v) is 3.94. The van der Waals surface area contributed by atoms with Crippen LogP contribution in [-0.2, 0) is 14.3 Å². The fourth-order valence-electron chi connectivity index (χ4n) is 2.79. The van der Waals surface area contributed by atoms with Gasteiger partial charge in [0, 0.05) is 18.0 Å². The molecule has 24 heavy (non-hydrogen) atoms. The van der Waals surface area contributed by atoms with Crippen LogP contribution in [0.1, 0.15) is 47.0 Å². The maximum absolute atomic E-state index is 13.5. The van der Waals surface area contributed by atoms with Gasteiger partial charge in [0.25, 0.3) is 6.08 Å². The highest BCUT2D eigenvalue weighted by molar-refractivity contribution is 6.17. The van der Waals surface area contributed by atoms with Gasteiger partial charge in [-0.1, -0.05) is 0 Å². The van der Waals surface area contributed by atoms with Crippen molar-refractivity contribution in [3.05, 3.63) is 11.7 Å². The van der Waals surface area contributed by atoms with Gasteiger partial charge >= 0.3 is 12.1 Å². The minimum Gasteiger partial charge on any atom is -0.464 e.